The van der Waals surface area contributed by atoms with Crippen LogP contribution in [0, 0.1) is 0 Å². The molecule has 0 aliphatic carbocycles. The molecule has 0 rings (SSSR count). The Balaban J connectivity index is 4.14. The fourth-order valence-corrected chi connectivity index (χ4v) is 0.670. The number of allylic oxidation sites excluding steroid dienone is 4. The van der Waals surface area contributed by atoms with Crippen molar-refractivity contribution in [2.45, 2.75) is 20.3 Å². The Morgan fingerprint density at radius 2 is 2.11 bits per heavy atom. The molecule has 0 saturated carbocycles. The Labute approximate surface area is 57.6 Å². The van der Waals surface area contributed by atoms with Crippen molar-refractivity contribution in [1.82, 2.24) is 0 Å². The molecule has 0 aromatic heterocycles. The van der Waals surface area contributed by atoms with Crippen LogP contribution in [0.3, 0.4) is 0 Å². The summed E-state index contributed by atoms with van der Waals surface area (Å²) in [5.41, 5.74) is 2.32. The van der Waals surface area contributed by atoms with E-state index in [1.165, 1.54) is 0 Å². The molecule has 0 bridgehead atoms. The van der Waals surface area contributed by atoms with Gasteiger partial charge in [-0.25, -0.2) is 0 Å². The third kappa shape index (κ3) is 2.31. The fraction of sp³-hybridized carbons (Fsp3) is 0.333. The normalized spacial score (nSPS) is 11.1. The molecule has 0 nitrogen and oxygen atoms in total. The third-order valence-corrected chi connectivity index (χ3v) is 1.37. The van der Waals surface area contributed by atoms with Crippen molar-refractivity contribution in [3.8, 4) is 0 Å². The zero-order valence-electron chi connectivity index (χ0n) is 6.28. The van der Waals surface area contributed by atoms with Gasteiger partial charge >= 0.3 is 0 Å². The lowest BCUT2D eigenvalue weighted by molar-refractivity contribution is 1.13. The van der Waals surface area contributed by atoms with Crippen molar-refractivity contribution < 1.29 is 0 Å². The smallest absolute Gasteiger partial charge is 0.0279 e. The zero-order chi connectivity index (χ0) is 7.28. The van der Waals surface area contributed by atoms with E-state index in [-0.39, 0.29) is 0 Å². The standard InChI is InChI=1S/C9H14/c1-5-8(4)9(6-2)7-3/h6-7H,2,4-5H2,1,3H3/b9-7+. The Hall–Kier alpha value is -0.780. The molecule has 0 aliphatic rings. The van der Waals surface area contributed by atoms with E-state index in [1.54, 1.807) is 0 Å². The molecular weight excluding hydrogens is 108 g/mol. The highest BCUT2D eigenvalue weighted by atomic mass is 14.0. The summed E-state index contributed by atoms with van der Waals surface area (Å²) in [5.74, 6) is 0. The van der Waals surface area contributed by atoms with E-state index in [1.807, 2.05) is 19.1 Å². The molecular formula is C9H14. The second-order valence-electron chi connectivity index (χ2n) is 1.91. The molecule has 0 heteroatoms. The number of hydrogen-bond donors (Lipinski definition) is 0. The molecule has 0 atom stereocenters. The van der Waals surface area contributed by atoms with Crippen molar-refractivity contribution in [2.24, 2.45) is 0 Å². The van der Waals surface area contributed by atoms with Crippen LogP contribution in [0.5, 0.6) is 0 Å². The quantitative estimate of drug-likeness (QED) is 0.504. The summed E-state index contributed by atoms with van der Waals surface area (Å²) in [7, 11) is 0. The minimum absolute atomic E-state index is 1.01. The van der Waals surface area contributed by atoms with E-state index in [0.717, 1.165) is 17.6 Å². The van der Waals surface area contributed by atoms with Crippen LogP contribution in [0.2, 0.25) is 0 Å². The van der Waals surface area contributed by atoms with Gasteiger partial charge in [-0.05, 0) is 24.5 Å². The number of hydrogen-bond acceptors (Lipinski definition) is 0. The predicted octanol–water partition coefficient (Wildman–Crippen LogP) is 3.08. The molecule has 0 aliphatic heterocycles. The van der Waals surface area contributed by atoms with Crippen LogP contribution in [0.4, 0.5) is 0 Å². The maximum absolute atomic E-state index is 3.88. The average molecular weight is 122 g/mol. The summed E-state index contributed by atoms with van der Waals surface area (Å²) >= 11 is 0. The molecule has 0 saturated heterocycles. The second kappa shape index (κ2) is 4.13. The van der Waals surface area contributed by atoms with Crippen molar-refractivity contribution >= 4 is 0 Å². The van der Waals surface area contributed by atoms with E-state index in [0.29, 0.717) is 0 Å². The molecule has 9 heavy (non-hydrogen) atoms. The minimum atomic E-state index is 1.01. The molecule has 0 N–H and O–H groups in total. The molecule has 0 spiro atoms. The summed E-state index contributed by atoms with van der Waals surface area (Å²) < 4.78 is 0. The summed E-state index contributed by atoms with van der Waals surface area (Å²) in [6.07, 6.45) is 4.87. The maximum atomic E-state index is 3.88. The van der Waals surface area contributed by atoms with E-state index in [2.05, 4.69) is 20.1 Å². The molecule has 0 fully saturated rings. The summed E-state index contributed by atoms with van der Waals surface area (Å²) in [5, 5.41) is 0. The van der Waals surface area contributed by atoms with Gasteiger partial charge in [-0.1, -0.05) is 32.2 Å². The molecule has 50 valence electrons. The van der Waals surface area contributed by atoms with Gasteiger partial charge in [0.05, 0.1) is 0 Å². The highest BCUT2D eigenvalue weighted by molar-refractivity contribution is 5.35. The zero-order valence-corrected chi connectivity index (χ0v) is 6.28. The first kappa shape index (κ1) is 8.22. The molecule has 0 heterocycles. The van der Waals surface area contributed by atoms with E-state index >= 15 is 0 Å². The van der Waals surface area contributed by atoms with Gasteiger partial charge in [0.2, 0.25) is 0 Å². The predicted molar refractivity (Wildman–Crippen MR) is 43.4 cm³/mol. The van der Waals surface area contributed by atoms with Gasteiger partial charge < -0.3 is 0 Å². The SMILES string of the molecule is C=C/C(=C\C)C(=C)CC. The summed E-state index contributed by atoms with van der Waals surface area (Å²) in [6, 6.07) is 0. The number of rotatable bonds is 3. The van der Waals surface area contributed by atoms with Gasteiger partial charge in [0.15, 0.2) is 0 Å². The van der Waals surface area contributed by atoms with Crippen LogP contribution in [0.15, 0.2) is 36.5 Å². The maximum Gasteiger partial charge on any atom is -0.0279 e. The highest BCUT2D eigenvalue weighted by Crippen LogP contribution is 2.10. The van der Waals surface area contributed by atoms with E-state index in [9.17, 15) is 0 Å². The van der Waals surface area contributed by atoms with Crippen LogP contribution in [-0.2, 0) is 0 Å². The Morgan fingerprint density at radius 3 is 2.22 bits per heavy atom. The van der Waals surface area contributed by atoms with Gasteiger partial charge in [0.25, 0.3) is 0 Å². The lowest BCUT2D eigenvalue weighted by Crippen LogP contribution is -1.79. The Kier molecular flexibility index (Phi) is 3.78. The van der Waals surface area contributed by atoms with Crippen LogP contribution in [0.25, 0.3) is 0 Å². The van der Waals surface area contributed by atoms with Gasteiger partial charge in [-0.2, -0.15) is 0 Å². The van der Waals surface area contributed by atoms with Crippen molar-refractivity contribution in [1.29, 1.82) is 0 Å². The minimum Gasteiger partial charge on any atom is -0.0985 e. The van der Waals surface area contributed by atoms with Crippen LogP contribution in [0.1, 0.15) is 20.3 Å². The summed E-state index contributed by atoms with van der Waals surface area (Å²) in [4.78, 5) is 0. The van der Waals surface area contributed by atoms with Crippen LogP contribution in [-0.4, -0.2) is 0 Å². The van der Waals surface area contributed by atoms with Crippen LogP contribution < -0.4 is 0 Å². The topological polar surface area (TPSA) is 0 Å². The highest BCUT2D eigenvalue weighted by Gasteiger charge is 1.90. The largest absolute Gasteiger partial charge is 0.0985 e. The van der Waals surface area contributed by atoms with Crippen molar-refractivity contribution in [2.75, 3.05) is 0 Å². The molecule has 0 aromatic carbocycles. The lowest BCUT2D eigenvalue weighted by Gasteiger charge is -1.99. The Morgan fingerprint density at radius 1 is 1.56 bits per heavy atom. The molecule has 0 unspecified atom stereocenters. The lowest BCUT2D eigenvalue weighted by atomic mass is 10.1. The first-order valence-corrected chi connectivity index (χ1v) is 3.23. The van der Waals surface area contributed by atoms with Crippen molar-refractivity contribution in [3.05, 3.63) is 36.5 Å². The first-order chi connectivity index (χ1) is 4.26. The third-order valence-electron chi connectivity index (χ3n) is 1.37. The monoisotopic (exact) mass is 122 g/mol. The molecule has 0 aromatic rings. The summed E-state index contributed by atoms with van der Waals surface area (Å²) in [6.45, 7) is 11.6. The van der Waals surface area contributed by atoms with Gasteiger partial charge in [0.1, 0.15) is 0 Å². The van der Waals surface area contributed by atoms with Gasteiger partial charge in [0, 0.05) is 0 Å². The molecule has 0 radical (unpaired) electrons. The fourth-order valence-electron chi connectivity index (χ4n) is 0.670. The molecule has 0 amide bonds. The van der Waals surface area contributed by atoms with Gasteiger partial charge in [-0.3, -0.25) is 0 Å². The van der Waals surface area contributed by atoms with Crippen LogP contribution >= 0.6 is 0 Å². The average Bonchev–Trinajstić information content (AvgIpc) is 1.90. The second-order valence-corrected chi connectivity index (χ2v) is 1.91. The first-order valence-electron chi connectivity index (χ1n) is 3.23. The van der Waals surface area contributed by atoms with Gasteiger partial charge in [-0.15, -0.1) is 0 Å². The van der Waals surface area contributed by atoms with E-state index in [4.69, 9.17) is 0 Å². The van der Waals surface area contributed by atoms with Crippen molar-refractivity contribution in [3.63, 3.8) is 0 Å². The Bertz CT molecular complexity index is 138. The van der Waals surface area contributed by atoms with E-state index < -0.39 is 0 Å².